The molecule has 0 spiro atoms. The Kier molecular flexibility index (Phi) is 11.1. The summed E-state index contributed by atoms with van der Waals surface area (Å²) >= 11 is -0.225. The number of carbonyl (C=O) groups is 1. The second-order valence-corrected chi connectivity index (χ2v) is 10.8. The maximum absolute atomic E-state index is 13.3. The molecule has 3 aromatic rings. The first-order chi connectivity index (χ1) is 20.2. The van der Waals surface area contributed by atoms with Crippen molar-refractivity contribution in [2.75, 3.05) is 58.4 Å². The van der Waals surface area contributed by atoms with Gasteiger partial charge in [-0.25, -0.2) is 9.31 Å². The number of rotatable bonds is 13. The molecule has 0 aromatic carbocycles. The summed E-state index contributed by atoms with van der Waals surface area (Å²) in [4.78, 5) is 13.3. The lowest BCUT2D eigenvalue weighted by atomic mass is 9.89. The summed E-state index contributed by atoms with van der Waals surface area (Å²) in [6.07, 6.45) is 3.05. The predicted octanol–water partition coefficient (Wildman–Crippen LogP) is 3.01. The van der Waals surface area contributed by atoms with Crippen molar-refractivity contribution in [2.45, 2.75) is 35.8 Å². The number of alkyl halides is 3. The number of aromatic carboxylic acids is 1. The molecule has 2 atom stereocenters. The number of hydrogen-bond donors (Lipinski definition) is 3. The number of carboxylic acids is 1. The number of halogens is 3. The molecule has 2 unspecified atom stereocenters. The quantitative estimate of drug-likeness (QED) is 0.151. The first kappa shape index (κ1) is 31.6. The van der Waals surface area contributed by atoms with Gasteiger partial charge in [-0.2, -0.15) is 23.4 Å². The third kappa shape index (κ3) is 8.62. The Balaban J connectivity index is 1.32. The maximum atomic E-state index is 13.3. The molecule has 4 N–H and O–H groups in total. The fourth-order valence-corrected chi connectivity index (χ4v) is 5.56. The van der Waals surface area contributed by atoms with Crippen LogP contribution < -0.4 is 11.1 Å². The zero-order valence-electron chi connectivity index (χ0n) is 23.1. The molecule has 3 aromatic heterocycles. The van der Waals surface area contributed by atoms with E-state index < -0.39 is 11.5 Å². The van der Waals surface area contributed by atoms with E-state index in [4.69, 9.17) is 20.3 Å². The Morgan fingerprint density at radius 2 is 2.02 bits per heavy atom. The van der Waals surface area contributed by atoms with Crippen molar-refractivity contribution in [3.8, 4) is 11.8 Å². The lowest BCUT2D eigenvalue weighted by Gasteiger charge is -2.37. The first-order valence-electron chi connectivity index (χ1n) is 13.5. The molecule has 228 valence electrons. The van der Waals surface area contributed by atoms with Crippen LogP contribution in [0.25, 0.3) is 5.52 Å². The van der Waals surface area contributed by atoms with Gasteiger partial charge in [-0.15, -0.1) is 0 Å². The number of thioether (sulfide) groups is 1. The summed E-state index contributed by atoms with van der Waals surface area (Å²) in [6, 6.07) is 6.61. The maximum Gasteiger partial charge on any atom is 0.446 e. The molecule has 42 heavy (non-hydrogen) atoms. The van der Waals surface area contributed by atoms with E-state index >= 15 is 0 Å². The van der Waals surface area contributed by atoms with Crippen LogP contribution in [0.15, 0.2) is 35.4 Å². The summed E-state index contributed by atoms with van der Waals surface area (Å²) < 4.78 is 54.2. The van der Waals surface area contributed by atoms with E-state index in [2.05, 4.69) is 39.3 Å². The van der Waals surface area contributed by atoms with Crippen molar-refractivity contribution in [3.05, 3.63) is 41.9 Å². The Hall–Kier alpha value is -3.29. The van der Waals surface area contributed by atoms with Gasteiger partial charge >= 0.3 is 11.5 Å². The first-order valence-corrected chi connectivity index (χ1v) is 14.3. The van der Waals surface area contributed by atoms with Crippen molar-refractivity contribution in [1.29, 1.82) is 0 Å². The number of hydrogen-bond acceptors (Lipinski definition) is 9. The van der Waals surface area contributed by atoms with Crippen LogP contribution in [0.2, 0.25) is 0 Å². The summed E-state index contributed by atoms with van der Waals surface area (Å²) in [5, 5.41) is 21.0. The number of nitrogens with zero attached hydrogens (tertiary/aromatic N) is 5. The second kappa shape index (κ2) is 14.7. The minimum atomic E-state index is -4.49. The van der Waals surface area contributed by atoms with Gasteiger partial charge in [-0.1, -0.05) is 12.0 Å². The number of nitrogens with one attached hydrogen (secondary N) is 1. The van der Waals surface area contributed by atoms with E-state index in [-0.39, 0.29) is 46.5 Å². The van der Waals surface area contributed by atoms with Gasteiger partial charge in [-0.05, 0) is 68.2 Å². The van der Waals surface area contributed by atoms with Gasteiger partial charge in [-0.3, -0.25) is 4.68 Å². The van der Waals surface area contributed by atoms with E-state index in [1.54, 1.807) is 18.2 Å². The number of anilines is 1. The summed E-state index contributed by atoms with van der Waals surface area (Å²) in [6.45, 7) is 3.64. The van der Waals surface area contributed by atoms with Gasteiger partial charge in [0, 0.05) is 25.4 Å². The van der Waals surface area contributed by atoms with Crippen LogP contribution in [-0.4, -0.2) is 100 Å². The van der Waals surface area contributed by atoms with Gasteiger partial charge in [0.15, 0.2) is 0 Å². The molecule has 11 nitrogen and oxygen atoms in total. The molecule has 1 aliphatic heterocycles. The third-order valence-electron chi connectivity index (χ3n) is 6.80. The molecule has 0 aliphatic carbocycles. The van der Waals surface area contributed by atoms with Crippen molar-refractivity contribution in [2.24, 2.45) is 11.7 Å². The molecule has 1 aliphatic rings. The van der Waals surface area contributed by atoms with Gasteiger partial charge in [0.2, 0.25) is 0 Å². The van der Waals surface area contributed by atoms with Gasteiger partial charge in [0.1, 0.15) is 17.2 Å². The molecular formula is C27H34F3N7O4S. The normalized spacial score (nSPS) is 17.7. The topological polar surface area (TPSA) is 132 Å². The minimum absolute atomic E-state index is 0.0134. The predicted molar refractivity (Wildman–Crippen MR) is 151 cm³/mol. The van der Waals surface area contributed by atoms with Crippen LogP contribution in [0.1, 0.15) is 29.0 Å². The van der Waals surface area contributed by atoms with Crippen LogP contribution in [0.5, 0.6) is 0 Å². The standard InChI is InChI=1S/C27H34F3N7O4S/c1-35-12-8-20(19(18-35)9-14-40-16-17-41-15-13-36-23(26(38)39)7-11-32-36)33-24-6-2-5-22-25(42-27(28,29)30)21(4-3-10-31)34-37(22)24/h2,5-7,11,19-20,33H,8-10,12-18,31H2,1H3,(H,38,39). The highest BCUT2D eigenvalue weighted by Crippen LogP contribution is 2.41. The van der Waals surface area contributed by atoms with Crippen LogP contribution in [0.3, 0.4) is 0 Å². The van der Waals surface area contributed by atoms with Gasteiger partial charge in [0.05, 0.1) is 43.3 Å². The Morgan fingerprint density at radius 1 is 1.24 bits per heavy atom. The zero-order chi connectivity index (χ0) is 30.1. The van der Waals surface area contributed by atoms with Crippen LogP contribution in [0.4, 0.5) is 19.0 Å². The number of nitrogens with two attached hydrogens (primary N) is 1. The van der Waals surface area contributed by atoms with E-state index in [0.29, 0.717) is 44.3 Å². The Morgan fingerprint density at radius 3 is 2.76 bits per heavy atom. The monoisotopic (exact) mass is 609 g/mol. The number of likely N-dealkylation sites (tertiary alicyclic amines) is 1. The fraction of sp³-hybridized carbons (Fsp3) is 0.519. The Bertz CT molecular complexity index is 1400. The SMILES string of the molecule is CN1CCC(Nc2cccc3c(SC(F)(F)F)c(C#CCN)nn23)C(CCOCCOCCn2nccc2C(=O)O)C1. The summed E-state index contributed by atoms with van der Waals surface area (Å²) in [7, 11) is 2.06. The lowest BCUT2D eigenvalue weighted by molar-refractivity contribution is -0.0328. The van der Waals surface area contributed by atoms with E-state index in [1.165, 1.54) is 21.5 Å². The minimum Gasteiger partial charge on any atom is -0.477 e. The summed E-state index contributed by atoms with van der Waals surface area (Å²) in [5.41, 5.74) is 1.44. The molecule has 1 fully saturated rings. The number of piperidine rings is 1. The third-order valence-corrected chi connectivity index (χ3v) is 7.64. The van der Waals surface area contributed by atoms with E-state index in [0.717, 1.165) is 25.9 Å². The number of carboxylic acid groups (broad SMARTS) is 1. The molecule has 0 bridgehead atoms. The van der Waals surface area contributed by atoms with Crippen molar-refractivity contribution in [1.82, 2.24) is 24.3 Å². The second-order valence-electron chi connectivity index (χ2n) is 9.76. The number of aromatic nitrogens is 4. The molecular weight excluding hydrogens is 575 g/mol. The highest BCUT2D eigenvalue weighted by atomic mass is 32.2. The highest BCUT2D eigenvalue weighted by Gasteiger charge is 2.33. The largest absolute Gasteiger partial charge is 0.477 e. The lowest BCUT2D eigenvalue weighted by Crippen LogP contribution is -2.45. The van der Waals surface area contributed by atoms with Gasteiger partial charge in [0.25, 0.3) is 0 Å². The zero-order valence-corrected chi connectivity index (χ0v) is 24.0. The molecule has 15 heteroatoms. The van der Waals surface area contributed by atoms with Crippen LogP contribution in [0, 0.1) is 17.8 Å². The van der Waals surface area contributed by atoms with Crippen molar-refractivity contribution in [3.63, 3.8) is 0 Å². The molecule has 4 heterocycles. The molecule has 0 amide bonds. The molecule has 1 saturated heterocycles. The van der Waals surface area contributed by atoms with Crippen molar-refractivity contribution >= 4 is 29.1 Å². The molecule has 0 saturated carbocycles. The highest BCUT2D eigenvalue weighted by molar-refractivity contribution is 8.00. The average molecular weight is 610 g/mol. The van der Waals surface area contributed by atoms with E-state index in [1.807, 2.05) is 0 Å². The summed E-state index contributed by atoms with van der Waals surface area (Å²) in [5.74, 6) is 5.07. The molecule has 4 rings (SSSR count). The van der Waals surface area contributed by atoms with Crippen LogP contribution in [-0.2, 0) is 16.0 Å². The van der Waals surface area contributed by atoms with Crippen LogP contribution >= 0.6 is 11.8 Å². The van der Waals surface area contributed by atoms with Crippen molar-refractivity contribution < 1.29 is 32.5 Å². The number of pyridine rings is 1. The average Bonchev–Trinajstić information content (AvgIpc) is 3.55. The molecule has 0 radical (unpaired) electrons. The number of fused-ring (bicyclic) bond motifs is 1. The smallest absolute Gasteiger partial charge is 0.446 e. The fourth-order valence-electron chi connectivity index (χ4n) is 4.88. The van der Waals surface area contributed by atoms with E-state index in [9.17, 15) is 18.0 Å². The van der Waals surface area contributed by atoms with Gasteiger partial charge < -0.3 is 30.5 Å². The Labute approximate surface area is 245 Å². The number of ether oxygens (including phenoxy) is 2.